The fourth-order valence-corrected chi connectivity index (χ4v) is 5.36. The first kappa shape index (κ1) is 16.5. The standard InChI is InChI=1S/C17H19N5OS2/c1-11-9-24-17(20-11)25-14-4-2-13(3-5-14)21-16(23)12-6-7-22-15(8-12)18-10-19-22/h6-10,13-14H,2-5H2,1H3,(H,21,23). The van der Waals surface area contributed by atoms with E-state index >= 15 is 0 Å². The predicted molar refractivity (Wildman–Crippen MR) is 99.2 cm³/mol. The van der Waals surface area contributed by atoms with Crippen LogP contribution < -0.4 is 5.32 Å². The van der Waals surface area contributed by atoms with Gasteiger partial charge >= 0.3 is 0 Å². The summed E-state index contributed by atoms with van der Waals surface area (Å²) in [4.78, 5) is 21.1. The van der Waals surface area contributed by atoms with Gasteiger partial charge in [-0.2, -0.15) is 5.10 Å². The molecule has 0 atom stereocenters. The van der Waals surface area contributed by atoms with Crippen LogP contribution in [0.1, 0.15) is 41.7 Å². The highest BCUT2D eigenvalue weighted by atomic mass is 32.2. The summed E-state index contributed by atoms with van der Waals surface area (Å²) in [6.07, 6.45) is 7.50. The van der Waals surface area contributed by atoms with E-state index in [1.165, 1.54) is 6.33 Å². The van der Waals surface area contributed by atoms with E-state index < -0.39 is 0 Å². The first-order chi connectivity index (χ1) is 12.2. The quantitative estimate of drug-likeness (QED) is 0.759. The van der Waals surface area contributed by atoms with Crippen LogP contribution >= 0.6 is 23.1 Å². The van der Waals surface area contributed by atoms with Gasteiger partial charge in [-0.1, -0.05) is 11.8 Å². The van der Waals surface area contributed by atoms with Crippen molar-refractivity contribution < 1.29 is 4.79 Å². The Labute approximate surface area is 154 Å². The van der Waals surface area contributed by atoms with Gasteiger partial charge in [0.15, 0.2) is 5.65 Å². The Morgan fingerprint density at radius 1 is 1.36 bits per heavy atom. The number of carbonyl (C=O) groups is 1. The molecular weight excluding hydrogens is 354 g/mol. The molecule has 0 saturated heterocycles. The van der Waals surface area contributed by atoms with E-state index in [2.05, 4.69) is 25.8 Å². The molecule has 3 aromatic heterocycles. The predicted octanol–water partition coefficient (Wildman–Crippen LogP) is 3.33. The minimum Gasteiger partial charge on any atom is -0.349 e. The first-order valence-electron chi connectivity index (χ1n) is 8.36. The molecule has 0 radical (unpaired) electrons. The maximum Gasteiger partial charge on any atom is 0.251 e. The summed E-state index contributed by atoms with van der Waals surface area (Å²) >= 11 is 3.60. The third-order valence-corrected chi connectivity index (χ3v) is 6.84. The molecule has 1 aliphatic rings. The minimum absolute atomic E-state index is 0.0304. The molecule has 1 aliphatic carbocycles. The third-order valence-electron chi connectivity index (χ3n) is 4.42. The maximum atomic E-state index is 12.5. The summed E-state index contributed by atoms with van der Waals surface area (Å²) < 4.78 is 2.81. The number of aryl methyl sites for hydroxylation is 1. The zero-order valence-electron chi connectivity index (χ0n) is 13.9. The summed E-state index contributed by atoms with van der Waals surface area (Å²) in [6.45, 7) is 2.03. The van der Waals surface area contributed by atoms with Crippen molar-refractivity contribution in [2.45, 2.75) is 48.2 Å². The summed E-state index contributed by atoms with van der Waals surface area (Å²) in [5.74, 6) is -0.0304. The van der Waals surface area contributed by atoms with Crippen LogP contribution in [0.5, 0.6) is 0 Å². The zero-order valence-corrected chi connectivity index (χ0v) is 15.5. The number of fused-ring (bicyclic) bond motifs is 1. The third kappa shape index (κ3) is 3.85. The topological polar surface area (TPSA) is 72.2 Å². The van der Waals surface area contributed by atoms with E-state index in [0.29, 0.717) is 16.5 Å². The molecule has 0 unspecified atom stereocenters. The second-order valence-electron chi connectivity index (χ2n) is 6.30. The van der Waals surface area contributed by atoms with E-state index in [0.717, 1.165) is 35.7 Å². The fraction of sp³-hybridized carbons (Fsp3) is 0.412. The number of pyridine rings is 1. The van der Waals surface area contributed by atoms with Crippen LogP contribution in [0.15, 0.2) is 34.4 Å². The molecular formula is C17H19N5OS2. The van der Waals surface area contributed by atoms with Gasteiger partial charge in [0.25, 0.3) is 5.91 Å². The number of aromatic nitrogens is 4. The van der Waals surface area contributed by atoms with Crippen LogP contribution in [-0.2, 0) is 0 Å². The van der Waals surface area contributed by atoms with Crippen LogP contribution in [0.3, 0.4) is 0 Å². The van der Waals surface area contributed by atoms with E-state index in [-0.39, 0.29) is 11.9 Å². The molecule has 8 heteroatoms. The smallest absolute Gasteiger partial charge is 0.251 e. The Balaban J connectivity index is 1.31. The SMILES string of the molecule is Cc1csc(SC2CCC(NC(=O)c3ccn4ncnc4c3)CC2)n1. The Kier molecular flexibility index (Phi) is 4.72. The van der Waals surface area contributed by atoms with Crippen LogP contribution in [0.2, 0.25) is 0 Å². The van der Waals surface area contributed by atoms with Gasteiger partial charge in [-0.15, -0.1) is 11.3 Å². The molecule has 130 valence electrons. The Morgan fingerprint density at radius 2 is 2.20 bits per heavy atom. The fourth-order valence-electron chi connectivity index (χ4n) is 3.08. The van der Waals surface area contributed by atoms with Gasteiger partial charge in [-0.3, -0.25) is 4.79 Å². The van der Waals surface area contributed by atoms with Crippen molar-refractivity contribution in [3.63, 3.8) is 0 Å². The zero-order chi connectivity index (χ0) is 17.2. The molecule has 0 aliphatic heterocycles. The summed E-state index contributed by atoms with van der Waals surface area (Å²) in [5, 5.41) is 9.91. The van der Waals surface area contributed by atoms with Crippen molar-refractivity contribution in [1.29, 1.82) is 0 Å². The van der Waals surface area contributed by atoms with Gasteiger partial charge in [0, 0.05) is 34.1 Å². The number of carbonyl (C=O) groups excluding carboxylic acids is 1. The molecule has 1 fully saturated rings. The molecule has 3 aromatic rings. The molecule has 1 N–H and O–H groups in total. The number of hydrogen-bond acceptors (Lipinski definition) is 6. The van der Waals surface area contributed by atoms with Crippen LogP contribution in [0.4, 0.5) is 0 Å². The van der Waals surface area contributed by atoms with Gasteiger partial charge in [0.1, 0.15) is 10.7 Å². The normalized spacial score (nSPS) is 20.7. The average molecular weight is 374 g/mol. The van der Waals surface area contributed by atoms with Crippen LogP contribution in [-0.4, -0.2) is 36.8 Å². The lowest BCUT2D eigenvalue weighted by molar-refractivity contribution is 0.0928. The summed E-state index contributed by atoms with van der Waals surface area (Å²) in [7, 11) is 0. The van der Waals surface area contributed by atoms with Gasteiger partial charge < -0.3 is 5.32 Å². The molecule has 4 rings (SSSR count). The molecule has 25 heavy (non-hydrogen) atoms. The van der Waals surface area contributed by atoms with Crippen molar-refractivity contribution in [3.05, 3.63) is 41.3 Å². The van der Waals surface area contributed by atoms with Gasteiger partial charge in [0.05, 0.1) is 0 Å². The lowest BCUT2D eigenvalue weighted by Gasteiger charge is -2.28. The number of amides is 1. The average Bonchev–Trinajstić information content (AvgIpc) is 3.24. The Morgan fingerprint density at radius 3 is 2.96 bits per heavy atom. The van der Waals surface area contributed by atoms with Crippen LogP contribution in [0.25, 0.3) is 5.65 Å². The molecule has 3 heterocycles. The van der Waals surface area contributed by atoms with Crippen molar-refractivity contribution >= 4 is 34.7 Å². The van der Waals surface area contributed by atoms with E-state index in [1.54, 1.807) is 34.2 Å². The van der Waals surface area contributed by atoms with Crippen molar-refractivity contribution in [3.8, 4) is 0 Å². The number of nitrogens with one attached hydrogen (secondary N) is 1. The molecule has 6 nitrogen and oxygen atoms in total. The lowest BCUT2D eigenvalue weighted by Crippen LogP contribution is -2.38. The molecule has 1 saturated carbocycles. The number of rotatable bonds is 4. The number of hydrogen-bond donors (Lipinski definition) is 1. The van der Waals surface area contributed by atoms with Gasteiger partial charge in [-0.25, -0.2) is 14.5 Å². The van der Waals surface area contributed by atoms with Crippen molar-refractivity contribution in [2.24, 2.45) is 0 Å². The van der Waals surface area contributed by atoms with Crippen LogP contribution in [0, 0.1) is 6.92 Å². The van der Waals surface area contributed by atoms with Crippen molar-refractivity contribution in [1.82, 2.24) is 24.9 Å². The maximum absolute atomic E-state index is 12.5. The highest BCUT2D eigenvalue weighted by molar-refractivity contribution is 8.01. The van der Waals surface area contributed by atoms with Gasteiger partial charge in [0.2, 0.25) is 0 Å². The molecule has 1 amide bonds. The summed E-state index contributed by atoms with van der Waals surface area (Å²) in [6, 6.07) is 3.80. The summed E-state index contributed by atoms with van der Waals surface area (Å²) in [5.41, 5.74) is 2.42. The number of thiazole rings is 1. The largest absolute Gasteiger partial charge is 0.349 e. The van der Waals surface area contributed by atoms with E-state index in [9.17, 15) is 4.79 Å². The first-order valence-corrected chi connectivity index (χ1v) is 10.1. The highest BCUT2D eigenvalue weighted by Crippen LogP contribution is 2.35. The number of thioether (sulfide) groups is 1. The second-order valence-corrected chi connectivity index (χ2v) is 8.70. The molecule has 0 spiro atoms. The second kappa shape index (κ2) is 7.13. The minimum atomic E-state index is -0.0304. The monoisotopic (exact) mass is 373 g/mol. The van der Waals surface area contributed by atoms with Gasteiger partial charge in [-0.05, 0) is 44.7 Å². The van der Waals surface area contributed by atoms with E-state index in [1.807, 2.05) is 18.7 Å². The number of nitrogens with zero attached hydrogens (tertiary/aromatic N) is 4. The Bertz CT molecular complexity index is 882. The van der Waals surface area contributed by atoms with Crippen molar-refractivity contribution in [2.75, 3.05) is 0 Å². The van der Waals surface area contributed by atoms with E-state index in [4.69, 9.17) is 0 Å². The molecule has 0 aromatic carbocycles. The lowest BCUT2D eigenvalue weighted by atomic mass is 9.95. The molecule has 0 bridgehead atoms. The highest BCUT2D eigenvalue weighted by Gasteiger charge is 2.24. The Hall–Kier alpha value is -1.93.